The Labute approximate surface area is 144 Å². The van der Waals surface area contributed by atoms with Gasteiger partial charge in [-0.05, 0) is 31.2 Å². The molecule has 8 nitrogen and oxygen atoms in total. The van der Waals surface area contributed by atoms with Gasteiger partial charge in [0.25, 0.3) is 5.91 Å². The zero-order valence-electron chi connectivity index (χ0n) is 13.7. The maximum absolute atomic E-state index is 12.1. The van der Waals surface area contributed by atoms with Crippen molar-refractivity contribution in [3.05, 3.63) is 59.6 Å². The van der Waals surface area contributed by atoms with Crippen molar-refractivity contribution in [2.45, 2.75) is 20.0 Å². The molecule has 2 N–H and O–H groups in total. The number of hydrogen-bond acceptors (Lipinski definition) is 5. The summed E-state index contributed by atoms with van der Waals surface area (Å²) in [5, 5.41) is 16.2. The van der Waals surface area contributed by atoms with Crippen molar-refractivity contribution in [3.63, 3.8) is 0 Å². The van der Waals surface area contributed by atoms with E-state index in [0.717, 1.165) is 12.4 Å². The zero-order chi connectivity index (χ0) is 18.4. The Morgan fingerprint density at radius 2 is 1.52 bits per heavy atom. The molecule has 1 aromatic carbocycles. The number of rotatable bonds is 5. The van der Waals surface area contributed by atoms with E-state index in [-0.39, 0.29) is 11.5 Å². The molecule has 0 spiro atoms. The van der Waals surface area contributed by atoms with Gasteiger partial charge in [-0.25, -0.2) is 4.79 Å². The summed E-state index contributed by atoms with van der Waals surface area (Å²) < 4.78 is 5.61. The van der Waals surface area contributed by atoms with Gasteiger partial charge in [0.1, 0.15) is 0 Å². The number of hydrogen-bond donors (Lipinski definition) is 2. The van der Waals surface area contributed by atoms with E-state index in [1.807, 2.05) is 0 Å². The highest BCUT2D eigenvalue weighted by Gasteiger charge is 2.19. The lowest BCUT2D eigenvalue weighted by molar-refractivity contribution is -0.605. The van der Waals surface area contributed by atoms with Crippen LogP contribution in [0.3, 0.4) is 0 Å². The van der Waals surface area contributed by atoms with E-state index < -0.39 is 18.0 Å². The van der Waals surface area contributed by atoms with Crippen molar-refractivity contribution >= 4 is 29.2 Å². The van der Waals surface area contributed by atoms with Crippen LogP contribution in [0.4, 0.5) is 11.4 Å². The fourth-order valence-electron chi connectivity index (χ4n) is 1.92. The van der Waals surface area contributed by atoms with Crippen LogP contribution in [0, 0.1) is 5.21 Å². The summed E-state index contributed by atoms with van der Waals surface area (Å²) in [6.45, 7) is 2.84. The third-order valence-electron chi connectivity index (χ3n) is 3.16. The minimum absolute atomic E-state index is 0.173. The third kappa shape index (κ3) is 5.31. The topological polar surface area (TPSA) is 111 Å². The Hall–Kier alpha value is -3.42. The first-order valence-corrected chi connectivity index (χ1v) is 7.43. The van der Waals surface area contributed by atoms with Crippen LogP contribution in [-0.4, -0.2) is 23.9 Å². The minimum Gasteiger partial charge on any atom is -0.619 e. The van der Waals surface area contributed by atoms with Gasteiger partial charge in [-0.15, -0.1) is 0 Å². The van der Waals surface area contributed by atoms with E-state index in [1.165, 1.54) is 26.0 Å². The number of pyridine rings is 1. The molecule has 0 fully saturated rings. The molecule has 2 amide bonds. The summed E-state index contributed by atoms with van der Waals surface area (Å²) >= 11 is 0. The van der Waals surface area contributed by atoms with Crippen LogP contribution in [0.25, 0.3) is 0 Å². The summed E-state index contributed by atoms with van der Waals surface area (Å²) in [5.74, 6) is -1.40. The average Bonchev–Trinajstić information content (AvgIpc) is 2.56. The first kappa shape index (κ1) is 17.9. The Bertz CT molecular complexity index is 772. The lowest BCUT2D eigenvalue weighted by Gasteiger charge is -2.13. The quantitative estimate of drug-likeness (QED) is 0.485. The van der Waals surface area contributed by atoms with E-state index in [2.05, 4.69) is 10.6 Å². The number of esters is 1. The number of nitrogens with zero attached hydrogens (tertiary/aromatic N) is 1. The maximum Gasteiger partial charge on any atom is 0.339 e. The molecule has 0 aliphatic rings. The molecule has 0 bridgehead atoms. The van der Waals surface area contributed by atoms with E-state index in [4.69, 9.17) is 4.74 Å². The van der Waals surface area contributed by atoms with Crippen LogP contribution in [0.5, 0.6) is 0 Å². The lowest BCUT2D eigenvalue weighted by atomic mass is 10.2. The monoisotopic (exact) mass is 343 g/mol. The molecule has 0 unspecified atom stereocenters. The number of carbonyl (C=O) groups is 3. The smallest absolute Gasteiger partial charge is 0.339 e. The molecule has 0 aliphatic heterocycles. The van der Waals surface area contributed by atoms with Crippen molar-refractivity contribution in [2.24, 2.45) is 0 Å². The van der Waals surface area contributed by atoms with Gasteiger partial charge in [0, 0.05) is 30.4 Å². The maximum atomic E-state index is 12.1. The fourth-order valence-corrected chi connectivity index (χ4v) is 1.92. The predicted octanol–water partition coefficient (Wildman–Crippen LogP) is 1.46. The van der Waals surface area contributed by atoms with E-state index in [0.29, 0.717) is 16.1 Å². The van der Waals surface area contributed by atoms with Gasteiger partial charge >= 0.3 is 5.97 Å². The average molecular weight is 343 g/mol. The van der Waals surface area contributed by atoms with Gasteiger partial charge in [0.2, 0.25) is 5.91 Å². The molecule has 0 radical (unpaired) electrons. The van der Waals surface area contributed by atoms with Gasteiger partial charge in [0.15, 0.2) is 18.5 Å². The molecule has 25 heavy (non-hydrogen) atoms. The normalized spacial score (nSPS) is 11.3. The minimum atomic E-state index is -1.03. The first-order valence-electron chi connectivity index (χ1n) is 7.43. The number of ether oxygens (including phenoxy) is 1. The van der Waals surface area contributed by atoms with Crippen LogP contribution in [0.1, 0.15) is 24.2 Å². The summed E-state index contributed by atoms with van der Waals surface area (Å²) in [7, 11) is 0. The highest BCUT2D eigenvalue weighted by molar-refractivity contribution is 5.97. The molecule has 0 saturated carbocycles. The second-order valence-electron chi connectivity index (χ2n) is 5.24. The Morgan fingerprint density at radius 1 is 1.00 bits per heavy atom. The Balaban J connectivity index is 1.92. The van der Waals surface area contributed by atoms with Crippen LogP contribution in [-0.2, 0) is 14.3 Å². The highest BCUT2D eigenvalue weighted by Crippen LogP contribution is 2.14. The fraction of sp³-hybridized carbons (Fsp3) is 0.176. The van der Waals surface area contributed by atoms with E-state index >= 15 is 0 Å². The molecule has 2 aromatic rings. The van der Waals surface area contributed by atoms with Crippen LogP contribution in [0.15, 0.2) is 48.8 Å². The molecule has 1 aromatic heterocycles. The number of aromatic nitrogens is 1. The second kappa shape index (κ2) is 7.91. The zero-order valence-corrected chi connectivity index (χ0v) is 13.7. The first-order chi connectivity index (χ1) is 11.8. The third-order valence-corrected chi connectivity index (χ3v) is 3.16. The predicted molar refractivity (Wildman–Crippen MR) is 89.7 cm³/mol. The van der Waals surface area contributed by atoms with Crippen LogP contribution >= 0.6 is 0 Å². The van der Waals surface area contributed by atoms with E-state index in [1.54, 1.807) is 24.3 Å². The van der Waals surface area contributed by atoms with Crippen molar-refractivity contribution in [2.75, 3.05) is 10.6 Å². The number of nitrogens with one attached hydrogen (secondary N) is 2. The van der Waals surface area contributed by atoms with Crippen molar-refractivity contribution in [1.82, 2.24) is 0 Å². The molecule has 2 rings (SSSR count). The SMILES string of the molecule is CC(=O)Nc1ccc(NC(=O)[C@H](C)OC(=O)c2cc[n+]([O-])cc2)cc1. The highest BCUT2D eigenvalue weighted by atomic mass is 16.5. The molecule has 130 valence electrons. The molecular weight excluding hydrogens is 326 g/mol. The number of anilines is 2. The standard InChI is InChI=1S/C17H17N3O5/c1-11(25-17(23)13-7-9-20(24)10-8-13)16(22)19-15-5-3-14(4-6-15)18-12(2)21/h3-11H,1-2H3,(H,18,21)(H,19,22)/t11-/m0/s1. The Kier molecular flexibility index (Phi) is 5.67. The second-order valence-corrected chi connectivity index (χ2v) is 5.24. The van der Waals surface area contributed by atoms with Gasteiger partial charge in [0.05, 0.1) is 5.56 Å². The van der Waals surface area contributed by atoms with Crippen molar-refractivity contribution in [3.8, 4) is 0 Å². The molecule has 0 saturated heterocycles. The number of amides is 2. The van der Waals surface area contributed by atoms with Gasteiger partial charge in [-0.1, -0.05) is 0 Å². The number of carbonyl (C=O) groups excluding carboxylic acids is 3. The summed E-state index contributed by atoms with van der Waals surface area (Å²) in [4.78, 5) is 35.0. The summed E-state index contributed by atoms with van der Waals surface area (Å²) in [6.07, 6.45) is 1.30. The largest absolute Gasteiger partial charge is 0.619 e. The molecular formula is C17H17N3O5. The molecule has 1 atom stereocenters. The molecule has 0 aliphatic carbocycles. The number of benzene rings is 1. The molecule has 8 heteroatoms. The van der Waals surface area contributed by atoms with Gasteiger partial charge < -0.3 is 20.6 Å². The lowest BCUT2D eigenvalue weighted by Crippen LogP contribution is -2.30. The van der Waals surface area contributed by atoms with Crippen molar-refractivity contribution in [1.29, 1.82) is 0 Å². The summed E-state index contributed by atoms with van der Waals surface area (Å²) in [6, 6.07) is 9.11. The van der Waals surface area contributed by atoms with Gasteiger partial charge in [-0.2, -0.15) is 4.73 Å². The van der Waals surface area contributed by atoms with Crippen LogP contribution in [0.2, 0.25) is 0 Å². The Morgan fingerprint density at radius 3 is 2.04 bits per heavy atom. The van der Waals surface area contributed by atoms with Gasteiger partial charge in [-0.3, -0.25) is 9.59 Å². The molecule has 1 heterocycles. The summed E-state index contributed by atoms with van der Waals surface area (Å²) in [5.41, 5.74) is 1.27. The van der Waals surface area contributed by atoms with E-state index in [9.17, 15) is 19.6 Å². The van der Waals surface area contributed by atoms with Crippen molar-refractivity contribution < 1.29 is 23.9 Å². The van der Waals surface area contributed by atoms with Crippen LogP contribution < -0.4 is 15.4 Å².